The predicted molar refractivity (Wildman–Crippen MR) is 93.6 cm³/mol. The second-order valence-corrected chi connectivity index (χ2v) is 6.11. The minimum Gasteiger partial charge on any atom is -0.488 e. The molecule has 3 rings (SSSR count). The van der Waals surface area contributed by atoms with Gasteiger partial charge in [0.2, 0.25) is 0 Å². The van der Waals surface area contributed by atoms with Gasteiger partial charge in [-0.3, -0.25) is 0 Å². The summed E-state index contributed by atoms with van der Waals surface area (Å²) in [6.45, 7) is 2.30. The first kappa shape index (κ1) is 16.6. The van der Waals surface area contributed by atoms with E-state index in [0.717, 1.165) is 16.9 Å². The van der Waals surface area contributed by atoms with Crippen LogP contribution in [0.15, 0.2) is 42.5 Å². The number of hydrogen-bond donors (Lipinski definition) is 2. The van der Waals surface area contributed by atoms with Crippen molar-refractivity contribution in [3.05, 3.63) is 58.6 Å². The van der Waals surface area contributed by atoms with E-state index in [4.69, 9.17) is 21.1 Å². The van der Waals surface area contributed by atoms with Gasteiger partial charge >= 0.3 is 6.03 Å². The SMILES string of the molecule is COCc1cc(Cl)ccc1NC(=O)NC1c2ccccc2OC1C. The average molecular weight is 347 g/mol. The molecule has 0 radical (unpaired) electrons. The number of rotatable bonds is 4. The molecule has 6 heteroatoms. The van der Waals surface area contributed by atoms with Crippen LogP contribution in [0.3, 0.4) is 0 Å². The number of ether oxygens (including phenoxy) is 2. The molecule has 2 N–H and O–H groups in total. The summed E-state index contributed by atoms with van der Waals surface area (Å²) in [7, 11) is 1.60. The normalized spacial score (nSPS) is 18.6. The maximum Gasteiger partial charge on any atom is 0.319 e. The standard InChI is InChI=1S/C18H19ClN2O3/c1-11-17(14-5-3-4-6-16(14)24-11)21-18(22)20-15-8-7-13(19)9-12(15)10-23-2/h3-9,11,17H,10H2,1-2H3,(H2,20,21,22). The van der Waals surface area contributed by atoms with E-state index >= 15 is 0 Å². The van der Waals surface area contributed by atoms with Crippen LogP contribution in [0.2, 0.25) is 5.02 Å². The molecule has 0 fully saturated rings. The zero-order valence-corrected chi connectivity index (χ0v) is 14.3. The largest absolute Gasteiger partial charge is 0.488 e. The minimum atomic E-state index is -0.299. The van der Waals surface area contributed by atoms with Crippen LogP contribution in [0, 0.1) is 0 Å². The zero-order valence-electron chi connectivity index (χ0n) is 13.5. The van der Waals surface area contributed by atoms with Gasteiger partial charge in [0, 0.05) is 28.9 Å². The Labute approximate surface area is 145 Å². The van der Waals surface area contributed by atoms with E-state index in [9.17, 15) is 4.79 Å². The lowest BCUT2D eigenvalue weighted by atomic mass is 10.1. The number of anilines is 1. The van der Waals surface area contributed by atoms with Gasteiger partial charge in [-0.1, -0.05) is 29.8 Å². The molecule has 2 aromatic carbocycles. The van der Waals surface area contributed by atoms with Gasteiger partial charge in [-0.15, -0.1) is 0 Å². The Morgan fingerprint density at radius 1 is 1.29 bits per heavy atom. The van der Waals surface area contributed by atoms with Crippen molar-refractivity contribution in [1.82, 2.24) is 5.32 Å². The summed E-state index contributed by atoms with van der Waals surface area (Å²) >= 11 is 6.00. The van der Waals surface area contributed by atoms with Crippen LogP contribution >= 0.6 is 11.6 Å². The molecule has 2 unspecified atom stereocenters. The average Bonchev–Trinajstić information content (AvgIpc) is 2.86. The van der Waals surface area contributed by atoms with E-state index in [1.807, 2.05) is 31.2 Å². The van der Waals surface area contributed by atoms with Gasteiger partial charge in [-0.05, 0) is 31.2 Å². The molecule has 2 amide bonds. The number of amides is 2. The second kappa shape index (κ2) is 7.11. The van der Waals surface area contributed by atoms with Gasteiger partial charge in [0.05, 0.1) is 12.6 Å². The summed E-state index contributed by atoms with van der Waals surface area (Å²) in [6.07, 6.45) is -0.128. The lowest BCUT2D eigenvalue weighted by Gasteiger charge is -2.18. The van der Waals surface area contributed by atoms with Gasteiger partial charge in [-0.2, -0.15) is 0 Å². The molecule has 0 saturated carbocycles. The zero-order chi connectivity index (χ0) is 17.1. The molecule has 0 aliphatic carbocycles. The van der Waals surface area contributed by atoms with Crippen LogP contribution in [0.1, 0.15) is 24.1 Å². The number of methoxy groups -OCH3 is 1. The molecule has 1 aliphatic heterocycles. The highest BCUT2D eigenvalue weighted by atomic mass is 35.5. The molecule has 0 spiro atoms. The Hall–Kier alpha value is -2.24. The van der Waals surface area contributed by atoms with Crippen molar-refractivity contribution in [2.24, 2.45) is 0 Å². The Morgan fingerprint density at radius 2 is 2.08 bits per heavy atom. The summed E-state index contributed by atoms with van der Waals surface area (Å²) in [5.74, 6) is 0.807. The second-order valence-electron chi connectivity index (χ2n) is 5.67. The number of benzene rings is 2. The predicted octanol–water partition coefficient (Wildman–Crippen LogP) is 4.13. The van der Waals surface area contributed by atoms with Crippen molar-refractivity contribution in [3.8, 4) is 5.75 Å². The van der Waals surface area contributed by atoms with Crippen molar-refractivity contribution >= 4 is 23.3 Å². The topological polar surface area (TPSA) is 59.6 Å². The van der Waals surface area contributed by atoms with Crippen molar-refractivity contribution < 1.29 is 14.3 Å². The minimum absolute atomic E-state index is 0.128. The summed E-state index contributed by atoms with van der Waals surface area (Å²) in [4.78, 5) is 12.4. The highest BCUT2D eigenvalue weighted by Gasteiger charge is 2.32. The number of carbonyl (C=O) groups is 1. The molecular weight excluding hydrogens is 328 g/mol. The third kappa shape index (κ3) is 3.47. The van der Waals surface area contributed by atoms with E-state index < -0.39 is 0 Å². The fourth-order valence-electron chi connectivity index (χ4n) is 2.82. The lowest BCUT2D eigenvalue weighted by molar-refractivity contribution is 0.185. The maximum absolute atomic E-state index is 12.4. The molecule has 1 heterocycles. The Morgan fingerprint density at radius 3 is 2.88 bits per heavy atom. The third-order valence-electron chi connectivity index (χ3n) is 3.94. The molecule has 0 saturated heterocycles. The van der Waals surface area contributed by atoms with E-state index in [1.54, 1.807) is 25.3 Å². The van der Waals surface area contributed by atoms with E-state index in [2.05, 4.69) is 10.6 Å². The number of hydrogen-bond acceptors (Lipinski definition) is 3. The first-order valence-electron chi connectivity index (χ1n) is 7.69. The number of fused-ring (bicyclic) bond motifs is 1. The van der Waals surface area contributed by atoms with Gasteiger partial charge in [0.25, 0.3) is 0 Å². The smallest absolute Gasteiger partial charge is 0.319 e. The molecular formula is C18H19ClN2O3. The number of para-hydroxylation sites is 1. The van der Waals surface area contributed by atoms with Gasteiger partial charge in [-0.25, -0.2) is 4.79 Å². The highest BCUT2D eigenvalue weighted by Crippen LogP contribution is 2.36. The molecule has 24 heavy (non-hydrogen) atoms. The number of halogens is 1. The fourth-order valence-corrected chi connectivity index (χ4v) is 3.01. The highest BCUT2D eigenvalue weighted by molar-refractivity contribution is 6.30. The quantitative estimate of drug-likeness (QED) is 0.875. The summed E-state index contributed by atoms with van der Waals surface area (Å²) in [6, 6.07) is 12.5. The number of urea groups is 1. The summed E-state index contributed by atoms with van der Waals surface area (Å²) in [5, 5.41) is 6.42. The monoisotopic (exact) mass is 346 g/mol. The fraction of sp³-hybridized carbons (Fsp3) is 0.278. The molecule has 2 atom stereocenters. The van der Waals surface area contributed by atoms with E-state index in [0.29, 0.717) is 17.3 Å². The maximum atomic E-state index is 12.4. The third-order valence-corrected chi connectivity index (χ3v) is 4.17. The Kier molecular flexibility index (Phi) is 4.92. The molecule has 126 valence electrons. The molecule has 5 nitrogen and oxygen atoms in total. The van der Waals surface area contributed by atoms with Crippen molar-refractivity contribution in [3.63, 3.8) is 0 Å². The van der Waals surface area contributed by atoms with E-state index in [1.165, 1.54) is 0 Å². The molecule has 2 aromatic rings. The van der Waals surface area contributed by atoms with Crippen molar-refractivity contribution in [1.29, 1.82) is 0 Å². The first-order chi connectivity index (χ1) is 11.6. The molecule has 0 aromatic heterocycles. The summed E-state index contributed by atoms with van der Waals surface area (Å²) < 4.78 is 10.9. The van der Waals surface area contributed by atoms with Crippen molar-refractivity contribution in [2.75, 3.05) is 12.4 Å². The van der Waals surface area contributed by atoms with Gasteiger partial charge in [0.1, 0.15) is 11.9 Å². The van der Waals surface area contributed by atoms with Crippen LogP contribution in [0.4, 0.5) is 10.5 Å². The molecule has 1 aliphatic rings. The van der Waals surface area contributed by atoms with Crippen molar-refractivity contribution in [2.45, 2.75) is 25.7 Å². The van der Waals surface area contributed by atoms with Gasteiger partial charge in [0.15, 0.2) is 0 Å². The lowest BCUT2D eigenvalue weighted by Crippen LogP contribution is -2.37. The van der Waals surface area contributed by atoms with Crippen LogP contribution in [-0.4, -0.2) is 19.2 Å². The van der Waals surface area contributed by atoms with Crippen LogP contribution in [0.25, 0.3) is 0 Å². The van der Waals surface area contributed by atoms with Crippen LogP contribution < -0.4 is 15.4 Å². The number of nitrogens with one attached hydrogen (secondary N) is 2. The molecule has 0 bridgehead atoms. The van der Waals surface area contributed by atoms with Gasteiger partial charge < -0.3 is 20.1 Å². The van der Waals surface area contributed by atoms with Crippen LogP contribution in [0.5, 0.6) is 5.75 Å². The number of carbonyl (C=O) groups excluding carboxylic acids is 1. The summed E-state index contributed by atoms with van der Waals surface area (Å²) in [5.41, 5.74) is 2.46. The Balaban J connectivity index is 1.73. The van der Waals surface area contributed by atoms with Crippen LogP contribution in [-0.2, 0) is 11.3 Å². The first-order valence-corrected chi connectivity index (χ1v) is 8.06. The van der Waals surface area contributed by atoms with E-state index in [-0.39, 0.29) is 18.2 Å². The Bertz CT molecular complexity index is 751.